The van der Waals surface area contributed by atoms with Crippen molar-refractivity contribution < 1.29 is 9.59 Å². The van der Waals surface area contributed by atoms with Gasteiger partial charge in [0.15, 0.2) is 0 Å². The third kappa shape index (κ3) is 7.30. The van der Waals surface area contributed by atoms with Crippen LogP contribution in [0.1, 0.15) is 62.2 Å². The van der Waals surface area contributed by atoms with E-state index >= 15 is 0 Å². The zero-order valence-corrected chi connectivity index (χ0v) is 15.8. The highest BCUT2D eigenvalue weighted by Crippen LogP contribution is 2.19. The number of carbonyl (C=O) groups excluding carboxylic acids is 2. The maximum atomic E-state index is 12.1. The molecule has 0 aromatic heterocycles. The van der Waals surface area contributed by atoms with Crippen molar-refractivity contribution >= 4 is 17.5 Å². The van der Waals surface area contributed by atoms with Crippen molar-refractivity contribution in [1.82, 2.24) is 10.6 Å². The van der Waals surface area contributed by atoms with Gasteiger partial charge in [-0.2, -0.15) is 0 Å². The van der Waals surface area contributed by atoms with Gasteiger partial charge in [0.05, 0.1) is 6.54 Å². The Labute approximate surface area is 156 Å². The van der Waals surface area contributed by atoms with Crippen LogP contribution < -0.4 is 16.0 Å². The number of carbonyl (C=O) groups is 2. The molecule has 0 heterocycles. The summed E-state index contributed by atoms with van der Waals surface area (Å²) in [6.45, 7) is 3.67. The minimum absolute atomic E-state index is 0.0285. The number of nitrogens with one attached hydrogen (secondary N) is 3. The molecule has 0 saturated carbocycles. The first-order valence-corrected chi connectivity index (χ1v) is 9.75. The fourth-order valence-electron chi connectivity index (χ4n) is 2.99. The van der Waals surface area contributed by atoms with Crippen LogP contribution in [-0.4, -0.2) is 31.4 Å². The molecule has 0 bridgehead atoms. The van der Waals surface area contributed by atoms with E-state index in [-0.39, 0.29) is 18.4 Å². The Morgan fingerprint density at radius 1 is 1.12 bits per heavy atom. The fourth-order valence-corrected chi connectivity index (χ4v) is 2.99. The first kappa shape index (κ1) is 20.0. The van der Waals surface area contributed by atoms with E-state index in [1.165, 1.54) is 31.3 Å². The SMILES string of the molecule is CCCCNC(=O)c1cccc(NCC(=O)NCCC2=CCCCC2)c1. The molecule has 0 atom stereocenters. The van der Waals surface area contributed by atoms with E-state index in [0.29, 0.717) is 18.7 Å². The lowest BCUT2D eigenvalue weighted by atomic mass is 9.97. The van der Waals surface area contributed by atoms with E-state index in [0.717, 1.165) is 24.9 Å². The molecule has 2 amide bonds. The van der Waals surface area contributed by atoms with Crippen LogP contribution in [0.25, 0.3) is 0 Å². The molecule has 0 aliphatic heterocycles. The Kier molecular flexibility index (Phi) is 8.73. The van der Waals surface area contributed by atoms with Gasteiger partial charge in [0, 0.05) is 24.3 Å². The van der Waals surface area contributed by atoms with Gasteiger partial charge in [0.25, 0.3) is 5.91 Å². The lowest BCUT2D eigenvalue weighted by molar-refractivity contribution is -0.119. The predicted molar refractivity (Wildman–Crippen MR) is 106 cm³/mol. The van der Waals surface area contributed by atoms with Gasteiger partial charge < -0.3 is 16.0 Å². The largest absolute Gasteiger partial charge is 0.376 e. The summed E-state index contributed by atoms with van der Waals surface area (Å²) < 4.78 is 0. The average Bonchev–Trinajstić information content (AvgIpc) is 2.67. The Balaban J connectivity index is 1.70. The molecular weight excluding hydrogens is 326 g/mol. The van der Waals surface area contributed by atoms with Crippen LogP contribution in [0.15, 0.2) is 35.9 Å². The third-order valence-corrected chi connectivity index (χ3v) is 4.55. The molecule has 5 heteroatoms. The number of amides is 2. The van der Waals surface area contributed by atoms with Gasteiger partial charge in [-0.15, -0.1) is 0 Å². The Morgan fingerprint density at radius 3 is 2.77 bits per heavy atom. The van der Waals surface area contributed by atoms with Crippen molar-refractivity contribution in [3.63, 3.8) is 0 Å². The lowest BCUT2D eigenvalue weighted by Gasteiger charge is -2.13. The molecule has 142 valence electrons. The molecule has 26 heavy (non-hydrogen) atoms. The highest BCUT2D eigenvalue weighted by molar-refractivity contribution is 5.95. The lowest BCUT2D eigenvalue weighted by Crippen LogP contribution is -2.31. The second kappa shape index (κ2) is 11.3. The fraction of sp³-hybridized carbons (Fsp3) is 0.524. The summed E-state index contributed by atoms with van der Waals surface area (Å²) in [7, 11) is 0. The first-order chi connectivity index (χ1) is 12.7. The van der Waals surface area contributed by atoms with Crippen LogP contribution >= 0.6 is 0 Å². The maximum Gasteiger partial charge on any atom is 0.251 e. The van der Waals surface area contributed by atoms with Crippen molar-refractivity contribution in [2.24, 2.45) is 0 Å². The Bertz CT molecular complexity index is 625. The molecular formula is C21H31N3O2. The molecule has 0 radical (unpaired) electrons. The van der Waals surface area contributed by atoms with Crippen LogP contribution in [-0.2, 0) is 4.79 Å². The van der Waals surface area contributed by atoms with Gasteiger partial charge >= 0.3 is 0 Å². The average molecular weight is 357 g/mol. The number of hydrogen-bond acceptors (Lipinski definition) is 3. The van der Waals surface area contributed by atoms with Crippen molar-refractivity contribution in [3.05, 3.63) is 41.5 Å². The molecule has 0 unspecified atom stereocenters. The van der Waals surface area contributed by atoms with E-state index in [4.69, 9.17) is 0 Å². The monoisotopic (exact) mass is 357 g/mol. The molecule has 0 fully saturated rings. The van der Waals surface area contributed by atoms with Crippen LogP contribution in [0.5, 0.6) is 0 Å². The number of allylic oxidation sites excluding steroid dienone is 1. The molecule has 1 aliphatic rings. The van der Waals surface area contributed by atoms with E-state index in [1.54, 1.807) is 12.1 Å². The maximum absolute atomic E-state index is 12.1. The Morgan fingerprint density at radius 2 is 2.00 bits per heavy atom. The molecule has 0 spiro atoms. The molecule has 5 nitrogen and oxygen atoms in total. The summed E-state index contributed by atoms with van der Waals surface area (Å²) in [5.41, 5.74) is 2.85. The molecule has 1 aromatic rings. The minimum atomic E-state index is -0.0766. The third-order valence-electron chi connectivity index (χ3n) is 4.55. The number of anilines is 1. The zero-order chi connectivity index (χ0) is 18.6. The smallest absolute Gasteiger partial charge is 0.251 e. The summed E-state index contributed by atoms with van der Waals surface area (Å²) in [6.07, 6.45) is 10.2. The van der Waals surface area contributed by atoms with Crippen molar-refractivity contribution in [2.45, 2.75) is 51.9 Å². The van der Waals surface area contributed by atoms with Gasteiger partial charge in [-0.3, -0.25) is 9.59 Å². The molecule has 3 N–H and O–H groups in total. The molecule has 2 rings (SSSR count). The predicted octanol–water partition coefficient (Wildman–Crippen LogP) is 3.64. The van der Waals surface area contributed by atoms with Crippen LogP contribution in [0, 0.1) is 0 Å². The van der Waals surface area contributed by atoms with Crippen molar-refractivity contribution in [3.8, 4) is 0 Å². The van der Waals surface area contributed by atoms with E-state index in [1.807, 2.05) is 12.1 Å². The summed E-state index contributed by atoms with van der Waals surface area (Å²) in [4.78, 5) is 24.1. The van der Waals surface area contributed by atoms with Gasteiger partial charge in [0.1, 0.15) is 0 Å². The van der Waals surface area contributed by atoms with Crippen LogP contribution in [0.2, 0.25) is 0 Å². The van der Waals surface area contributed by atoms with Gasteiger partial charge in [0.2, 0.25) is 5.91 Å². The summed E-state index contributed by atoms with van der Waals surface area (Å²) in [5.74, 6) is -0.105. The van der Waals surface area contributed by atoms with Crippen molar-refractivity contribution in [2.75, 3.05) is 25.0 Å². The number of rotatable bonds is 10. The van der Waals surface area contributed by atoms with Crippen LogP contribution in [0.3, 0.4) is 0 Å². The van der Waals surface area contributed by atoms with Crippen LogP contribution in [0.4, 0.5) is 5.69 Å². The highest BCUT2D eigenvalue weighted by Gasteiger charge is 2.07. The highest BCUT2D eigenvalue weighted by atomic mass is 16.2. The van der Waals surface area contributed by atoms with E-state index in [2.05, 4.69) is 29.0 Å². The molecule has 1 aliphatic carbocycles. The van der Waals surface area contributed by atoms with Crippen molar-refractivity contribution in [1.29, 1.82) is 0 Å². The molecule has 1 aromatic carbocycles. The topological polar surface area (TPSA) is 70.2 Å². The van der Waals surface area contributed by atoms with Gasteiger partial charge in [-0.1, -0.05) is 31.1 Å². The Hall–Kier alpha value is -2.30. The number of unbranched alkanes of at least 4 members (excludes halogenated alkanes) is 1. The summed E-state index contributed by atoms with van der Waals surface area (Å²) in [5, 5.41) is 8.94. The summed E-state index contributed by atoms with van der Waals surface area (Å²) in [6, 6.07) is 7.25. The quantitative estimate of drug-likeness (QED) is 0.442. The normalized spacial score (nSPS) is 13.7. The van der Waals surface area contributed by atoms with Gasteiger partial charge in [-0.25, -0.2) is 0 Å². The van der Waals surface area contributed by atoms with Gasteiger partial charge in [-0.05, 0) is 56.7 Å². The minimum Gasteiger partial charge on any atom is -0.376 e. The summed E-state index contributed by atoms with van der Waals surface area (Å²) >= 11 is 0. The second-order valence-corrected chi connectivity index (χ2v) is 6.75. The van der Waals surface area contributed by atoms with E-state index in [9.17, 15) is 9.59 Å². The second-order valence-electron chi connectivity index (χ2n) is 6.75. The first-order valence-electron chi connectivity index (χ1n) is 9.75. The number of benzene rings is 1. The number of hydrogen-bond donors (Lipinski definition) is 3. The standard InChI is InChI=1S/C21H31N3O2/c1-2-3-13-23-21(26)18-10-7-11-19(15-18)24-16-20(25)22-14-12-17-8-5-4-6-9-17/h7-8,10-11,15,24H,2-6,9,12-14,16H2,1H3,(H,22,25)(H,23,26). The zero-order valence-electron chi connectivity index (χ0n) is 15.8. The van der Waals surface area contributed by atoms with E-state index < -0.39 is 0 Å². The molecule has 0 saturated heterocycles.